The zero-order valence-electron chi connectivity index (χ0n) is 9.75. The number of nitrogens with zero attached hydrogens (tertiary/aromatic N) is 1. The van der Waals surface area contributed by atoms with Crippen molar-refractivity contribution in [1.29, 1.82) is 5.26 Å². The van der Waals surface area contributed by atoms with Gasteiger partial charge in [0.15, 0.2) is 0 Å². The van der Waals surface area contributed by atoms with E-state index in [-0.39, 0.29) is 5.82 Å². The third-order valence-corrected chi connectivity index (χ3v) is 3.49. The largest absolute Gasteiger partial charge is 0.380 e. The SMILES string of the molecule is N#Cc1ccc(NCc2ccc(F)c(Br)c2)c(Cl)c1. The zero-order valence-corrected chi connectivity index (χ0v) is 12.1. The van der Waals surface area contributed by atoms with E-state index in [1.807, 2.05) is 6.07 Å². The summed E-state index contributed by atoms with van der Waals surface area (Å²) in [4.78, 5) is 0. The van der Waals surface area contributed by atoms with Crippen LogP contribution in [0.5, 0.6) is 0 Å². The molecule has 0 aromatic heterocycles. The van der Waals surface area contributed by atoms with Crippen LogP contribution in [0.1, 0.15) is 11.1 Å². The molecule has 0 fully saturated rings. The molecule has 2 aromatic carbocycles. The Bertz CT molecular complexity index is 652. The van der Waals surface area contributed by atoms with Crippen LogP contribution in [0.25, 0.3) is 0 Å². The van der Waals surface area contributed by atoms with Gasteiger partial charge < -0.3 is 5.32 Å². The number of benzene rings is 2. The van der Waals surface area contributed by atoms with Crippen molar-refractivity contribution in [3.8, 4) is 6.07 Å². The molecule has 0 saturated heterocycles. The Balaban J connectivity index is 2.10. The highest BCUT2D eigenvalue weighted by atomic mass is 79.9. The van der Waals surface area contributed by atoms with E-state index in [0.717, 1.165) is 11.3 Å². The number of halogens is 3. The van der Waals surface area contributed by atoms with Gasteiger partial charge in [0, 0.05) is 6.54 Å². The van der Waals surface area contributed by atoms with Gasteiger partial charge in [0.25, 0.3) is 0 Å². The Morgan fingerprint density at radius 2 is 2.05 bits per heavy atom. The second-order valence-corrected chi connectivity index (χ2v) is 5.17. The molecule has 2 rings (SSSR count). The van der Waals surface area contributed by atoms with Gasteiger partial charge in [-0.15, -0.1) is 0 Å². The lowest BCUT2D eigenvalue weighted by Crippen LogP contribution is -2.00. The van der Waals surface area contributed by atoms with Crippen LogP contribution in [0.2, 0.25) is 5.02 Å². The zero-order chi connectivity index (χ0) is 13.8. The lowest BCUT2D eigenvalue weighted by molar-refractivity contribution is 0.620. The predicted octanol–water partition coefficient (Wildman–Crippen LogP) is 4.73. The molecule has 19 heavy (non-hydrogen) atoms. The monoisotopic (exact) mass is 338 g/mol. The van der Waals surface area contributed by atoms with Crippen molar-refractivity contribution in [2.45, 2.75) is 6.54 Å². The van der Waals surface area contributed by atoms with Crippen molar-refractivity contribution in [3.63, 3.8) is 0 Å². The maximum atomic E-state index is 13.1. The lowest BCUT2D eigenvalue weighted by atomic mass is 10.2. The van der Waals surface area contributed by atoms with E-state index in [0.29, 0.717) is 21.6 Å². The summed E-state index contributed by atoms with van der Waals surface area (Å²) in [6.45, 7) is 0.518. The Labute approximate surface area is 123 Å². The molecule has 0 aliphatic heterocycles. The maximum Gasteiger partial charge on any atom is 0.137 e. The third-order valence-electron chi connectivity index (χ3n) is 2.57. The van der Waals surface area contributed by atoms with Gasteiger partial charge in [-0.05, 0) is 51.8 Å². The van der Waals surface area contributed by atoms with Crippen LogP contribution in [-0.2, 0) is 6.54 Å². The van der Waals surface area contributed by atoms with Gasteiger partial charge in [-0.3, -0.25) is 0 Å². The van der Waals surface area contributed by atoms with E-state index in [4.69, 9.17) is 16.9 Å². The van der Waals surface area contributed by atoms with E-state index in [2.05, 4.69) is 21.2 Å². The Morgan fingerprint density at radius 1 is 1.26 bits per heavy atom. The van der Waals surface area contributed by atoms with Crippen LogP contribution < -0.4 is 5.32 Å². The van der Waals surface area contributed by atoms with Gasteiger partial charge >= 0.3 is 0 Å². The van der Waals surface area contributed by atoms with Crippen molar-refractivity contribution in [2.24, 2.45) is 0 Å². The maximum absolute atomic E-state index is 13.1. The van der Waals surface area contributed by atoms with Gasteiger partial charge in [0.1, 0.15) is 5.82 Å². The van der Waals surface area contributed by atoms with Crippen LogP contribution in [0.3, 0.4) is 0 Å². The third kappa shape index (κ3) is 3.46. The summed E-state index contributed by atoms with van der Waals surface area (Å²) in [6, 6.07) is 11.9. The highest BCUT2D eigenvalue weighted by molar-refractivity contribution is 9.10. The van der Waals surface area contributed by atoms with E-state index < -0.39 is 0 Å². The summed E-state index contributed by atoms with van der Waals surface area (Å²) < 4.78 is 13.5. The minimum absolute atomic E-state index is 0.292. The number of hydrogen-bond acceptors (Lipinski definition) is 2. The standard InChI is InChI=1S/C14H9BrClFN2/c15-11-5-10(1-3-13(11)17)8-19-14-4-2-9(7-18)6-12(14)16/h1-6,19H,8H2. The number of anilines is 1. The number of hydrogen-bond donors (Lipinski definition) is 1. The fourth-order valence-electron chi connectivity index (χ4n) is 1.57. The highest BCUT2D eigenvalue weighted by Crippen LogP contribution is 2.24. The van der Waals surface area contributed by atoms with E-state index in [1.54, 1.807) is 30.3 Å². The first-order chi connectivity index (χ1) is 9.10. The summed E-state index contributed by atoms with van der Waals surface area (Å²) in [5, 5.41) is 12.4. The average Bonchev–Trinajstić information content (AvgIpc) is 2.41. The fraction of sp³-hybridized carbons (Fsp3) is 0.0714. The summed E-state index contributed by atoms with van der Waals surface area (Å²) in [6.07, 6.45) is 0. The molecule has 0 aliphatic rings. The predicted molar refractivity (Wildman–Crippen MR) is 77.6 cm³/mol. The van der Waals surface area contributed by atoms with Crippen molar-refractivity contribution in [3.05, 3.63) is 62.8 Å². The molecule has 0 spiro atoms. The minimum atomic E-state index is -0.292. The molecular weight excluding hydrogens is 331 g/mol. The molecule has 0 radical (unpaired) electrons. The van der Waals surface area contributed by atoms with Gasteiger partial charge in [0.2, 0.25) is 0 Å². The second-order valence-electron chi connectivity index (χ2n) is 3.91. The molecule has 96 valence electrons. The quantitative estimate of drug-likeness (QED) is 0.878. The first-order valence-electron chi connectivity index (χ1n) is 5.47. The van der Waals surface area contributed by atoms with Crippen LogP contribution in [0, 0.1) is 17.1 Å². The van der Waals surface area contributed by atoms with E-state index in [1.165, 1.54) is 6.07 Å². The molecule has 2 aromatic rings. The van der Waals surface area contributed by atoms with Crippen molar-refractivity contribution in [1.82, 2.24) is 0 Å². The van der Waals surface area contributed by atoms with Gasteiger partial charge in [0.05, 0.1) is 26.8 Å². The fourth-order valence-corrected chi connectivity index (χ4v) is 2.25. The molecule has 0 unspecified atom stereocenters. The summed E-state index contributed by atoms with van der Waals surface area (Å²) in [5.41, 5.74) is 2.18. The molecule has 0 heterocycles. The molecule has 0 bridgehead atoms. The molecule has 1 N–H and O–H groups in total. The van der Waals surface area contributed by atoms with Crippen molar-refractivity contribution >= 4 is 33.2 Å². The van der Waals surface area contributed by atoms with Crippen molar-refractivity contribution < 1.29 is 4.39 Å². The van der Waals surface area contributed by atoms with Gasteiger partial charge in [-0.25, -0.2) is 4.39 Å². The van der Waals surface area contributed by atoms with Gasteiger partial charge in [-0.1, -0.05) is 17.7 Å². The highest BCUT2D eigenvalue weighted by Gasteiger charge is 2.03. The Morgan fingerprint density at radius 3 is 2.68 bits per heavy atom. The van der Waals surface area contributed by atoms with E-state index >= 15 is 0 Å². The summed E-state index contributed by atoms with van der Waals surface area (Å²) >= 11 is 9.19. The Hall–Kier alpha value is -1.57. The normalized spacial score (nSPS) is 10.0. The molecule has 0 aliphatic carbocycles. The summed E-state index contributed by atoms with van der Waals surface area (Å²) in [5.74, 6) is -0.292. The van der Waals surface area contributed by atoms with E-state index in [9.17, 15) is 4.39 Å². The Kier molecular flexibility index (Phi) is 4.41. The minimum Gasteiger partial charge on any atom is -0.380 e. The molecule has 0 saturated carbocycles. The molecule has 0 atom stereocenters. The van der Waals surface area contributed by atoms with Crippen LogP contribution >= 0.6 is 27.5 Å². The van der Waals surface area contributed by atoms with Gasteiger partial charge in [-0.2, -0.15) is 5.26 Å². The second kappa shape index (κ2) is 6.05. The van der Waals surface area contributed by atoms with Crippen LogP contribution in [0.4, 0.5) is 10.1 Å². The van der Waals surface area contributed by atoms with Crippen LogP contribution in [0.15, 0.2) is 40.9 Å². The number of nitriles is 1. The molecule has 5 heteroatoms. The number of rotatable bonds is 3. The average molecular weight is 340 g/mol. The molecule has 2 nitrogen and oxygen atoms in total. The lowest BCUT2D eigenvalue weighted by Gasteiger charge is -2.09. The molecular formula is C14H9BrClFN2. The number of nitrogens with one attached hydrogen (secondary N) is 1. The topological polar surface area (TPSA) is 35.8 Å². The summed E-state index contributed by atoms with van der Waals surface area (Å²) in [7, 11) is 0. The van der Waals surface area contributed by atoms with Crippen LogP contribution in [-0.4, -0.2) is 0 Å². The molecule has 0 amide bonds. The first-order valence-corrected chi connectivity index (χ1v) is 6.64. The smallest absolute Gasteiger partial charge is 0.137 e. The van der Waals surface area contributed by atoms with Crippen molar-refractivity contribution in [2.75, 3.05) is 5.32 Å². The first kappa shape index (κ1) is 13.9.